The Labute approximate surface area is 138 Å². The van der Waals surface area contributed by atoms with Crippen molar-refractivity contribution in [1.82, 2.24) is 15.2 Å². The molecule has 0 bridgehead atoms. The van der Waals surface area contributed by atoms with E-state index in [1.54, 1.807) is 30.6 Å². The van der Waals surface area contributed by atoms with Crippen LogP contribution in [0.1, 0.15) is 4.88 Å². The van der Waals surface area contributed by atoms with Crippen molar-refractivity contribution >= 4 is 34.3 Å². The Morgan fingerprint density at radius 2 is 2.04 bits per heavy atom. The van der Waals surface area contributed by atoms with Crippen LogP contribution in [0.2, 0.25) is 0 Å². The van der Waals surface area contributed by atoms with Gasteiger partial charge < -0.3 is 4.42 Å². The SMILES string of the molecule is O=C(C=Cc1ccc([N+](=O)[O-])s1)Nc1nnc(-c2ccncc2)o1. The molecule has 0 fully saturated rings. The van der Waals surface area contributed by atoms with Crippen LogP contribution >= 0.6 is 11.3 Å². The molecule has 9 nitrogen and oxygen atoms in total. The molecule has 1 N–H and O–H groups in total. The highest BCUT2D eigenvalue weighted by Crippen LogP contribution is 2.25. The van der Waals surface area contributed by atoms with Gasteiger partial charge in [-0.05, 0) is 24.3 Å². The van der Waals surface area contributed by atoms with Crippen LogP contribution in [0.5, 0.6) is 0 Å². The average molecular weight is 343 g/mol. The van der Waals surface area contributed by atoms with E-state index in [-0.39, 0.29) is 16.9 Å². The molecule has 0 saturated carbocycles. The summed E-state index contributed by atoms with van der Waals surface area (Å²) < 4.78 is 5.33. The minimum atomic E-state index is -0.490. The first-order valence-electron chi connectivity index (χ1n) is 6.59. The molecule has 1 amide bonds. The van der Waals surface area contributed by atoms with Gasteiger partial charge in [0.2, 0.25) is 5.89 Å². The van der Waals surface area contributed by atoms with Crippen LogP contribution in [0.25, 0.3) is 17.5 Å². The van der Waals surface area contributed by atoms with Crippen molar-refractivity contribution in [2.24, 2.45) is 0 Å². The Bertz CT molecular complexity index is 903. The number of nitrogens with zero attached hydrogens (tertiary/aromatic N) is 4. The number of pyridine rings is 1. The van der Waals surface area contributed by atoms with Crippen LogP contribution in [0.15, 0.2) is 47.2 Å². The summed E-state index contributed by atoms with van der Waals surface area (Å²) in [7, 11) is 0. The highest BCUT2D eigenvalue weighted by atomic mass is 32.1. The second kappa shape index (κ2) is 6.79. The van der Waals surface area contributed by atoms with Gasteiger partial charge in [0.25, 0.3) is 5.91 Å². The number of aromatic nitrogens is 3. The van der Waals surface area contributed by atoms with Gasteiger partial charge in [0.1, 0.15) is 0 Å². The molecule has 0 aromatic carbocycles. The summed E-state index contributed by atoms with van der Waals surface area (Å²) in [6.07, 6.45) is 5.86. The van der Waals surface area contributed by atoms with E-state index >= 15 is 0 Å². The molecule has 0 unspecified atom stereocenters. The number of amides is 1. The lowest BCUT2D eigenvalue weighted by Gasteiger charge is -1.94. The summed E-state index contributed by atoms with van der Waals surface area (Å²) in [6.45, 7) is 0. The zero-order valence-electron chi connectivity index (χ0n) is 11.9. The first-order valence-corrected chi connectivity index (χ1v) is 7.40. The normalized spacial score (nSPS) is 10.8. The number of rotatable bonds is 5. The molecule has 120 valence electrons. The second-order valence-corrected chi connectivity index (χ2v) is 5.50. The average Bonchev–Trinajstić information content (AvgIpc) is 3.23. The highest BCUT2D eigenvalue weighted by molar-refractivity contribution is 7.16. The number of hydrogen-bond acceptors (Lipinski definition) is 8. The summed E-state index contributed by atoms with van der Waals surface area (Å²) in [6, 6.07) is 6.28. The Kier molecular flexibility index (Phi) is 4.38. The first kappa shape index (κ1) is 15.5. The molecule has 0 saturated heterocycles. The fourth-order valence-corrected chi connectivity index (χ4v) is 2.44. The van der Waals surface area contributed by atoms with Crippen LogP contribution in [-0.2, 0) is 4.79 Å². The predicted octanol–water partition coefficient (Wildman–Crippen LogP) is 2.75. The van der Waals surface area contributed by atoms with Crippen LogP contribution in [0.3, 0.4) is 0 Å². The van der Waals surface area contributed by atoms with Crippen LogP contribution in [0, 0.1) is 10.1 Å². The molecule has 24 heavy (non-hydrogen) atoms. The van der Waals surface area contributed by atoms with Gasteiger partial charge in [0.15, 0.2) is 0 Å². The molecular weight excluding hydrogens is 334 g/mol. The summed E-state index contributed by atoms with van der Waals surface area (Å²) in [4.78, 5) is 26.4. The zero-order valence-corrected chi connectivity index (χ0v) is 12.8. The van der Waals surface area contributed by atoms with Gasteiger partial charge >= 0.3 is 11.0 Å². The maximum Gasteiger partial charge on any atom is 0.324 e. The summed E-state index contributed by atoms with van der Waals surface area (Å²) in [5.41, 5.74) is 0.680. The van der Waals surface area contributed by atoms with Crippen molar-refractivity contribution in [3.8, 4) is 11.5 Å². The van der Waals surface area contributed by atoms with Crippen LogP contribution in [0.4, 0.5) is 11.0 Å². The third-order valence-electron chi connectivity index (χ3n) is 2.77. The fraction of sp³-hybridized carbons (Fsp3) is 0. The van der Waals surface area contributed by atoms with Gasteiger partial charge in [-0.2, -0.15) is 0 Å². The molecular formula is C14H9N5O4S. The van der Waals surface area contributed by atoms with Gasteiger partial charge in [0.05, 0.1) is 4.92 Å². The van der Waals surface area contributed by atoms with Crippen molar-refractivity contribution < 1.29 is 14.1 Å². The number of nitro groups is 1. The summed E-state index contributed by atoms with van der Waals surface area (Å²) in [5, 5.41) is 20.6. The number of nitrogens with one attached hydrogen (secondary N) is 1. The van der Waals surface area contributed by atoms with E-state index in [2.05, 4.69) is 20.5 Å². The molecule has 3 aromatic rings. The Hall–Kier alpha value is -3.40. The van der Waals surface area contributed by atoms with Crippen molar-refractivity contribution in [1.29, 1.82) is 0 Å². The van der Waals surface area contributed by atoms with E-state index in [1.807, 2.05) is 0 Å². The molecule has 0 aliphatic heterocycles. The zero-order chi connectivity index (χ0) is 16.9. The fourth-order valence-electron chi connectivity index (χ4n) is 1.72. The molecule has 0 aliphatic rings. The van der Waals surface area contributed by atoms with E-state index < -0.39 is 10.8 Å². The van der Waals surface area contributed by atoms with Crippen molar-refractivity contribution in [2.45, 2.75) is 0 Å². The molecule has 3 aromatic heterocycles. The summed E-state index contributed by atoms with van der Waals surface area (Å²) >= 11 is 0.967. The van der Waals surface area contributed by atoms with E-state index in [0.717, 1.165) is 11.3 Å². The number of anilines is 1. The van der Waals surface area contributed by atoms with Gasteiger partial charge in [0, 0.05) is 35.0 Å². The van der Waals surface area contributed by atoms with E-state index in [9.17, 15) is 14.9 Å². The van der Waals surface area contributed by atoms with Crippen molar-refractivity contribution in [3.05, 3.63) is 57.7 Å². The largest absolute Gasteiger partial charge is 0.403 e. The Morgan fingerprint density at radius 3 is 2.75 bits per heavy atom. The third kappa shape index (κ3) is 3.67. The number of carbonyl (C=O) groups excluding carboxylic acids is 1. The van der Waals surface area contributed by atoms with Crippen LogP contribution < -0.4 is 5.32 Å². The van der Waals surface area contributed by atoms with Crippen molar-refractivity contribution in [2.75, 3.05) is 5.32 Å². The van der Waals surface area contributed by atoms with Crippen LogP contribution in [-0.4, -0.2) is 26.0 Å². The van der Waals surface area contributed by atoms with Gasteiger partial charge in [-0.15, -0.1) is 5.10 Å². The second-order valence-electron chi connectivity index (χ2n) is 4.40. The minimum absolute atomic E-state index is 0.00829. The van der Waals surface area contributed by atoms with E-state index in [0.29, 0.717) is 10.4 Å². The third-order valence-corrected chi connectivity index (χ3v) is 3.78. The molecule has 0 atom stereocenters. The maximum atomic E-state index is 11.8. The number of thiophene rings is 1. The standard InChI is InChI=1S/C14H9N5O4S/c20-11(3-1-10-2-4-12(24-10)19(21)22)16-14-18-17-13(23-14)9-5-7-15-8-6-9/h1-8H,(H,16,18,20). The lowest BCUT2D eigenvalue weighted by atomic mass is 10.3. The van der Waals surface area contributed by atoms with Crippen molar-refractivity contribution in [3.63, 3.8) is 0 Å². The highest BCUT2D eigenvalue weighted by Gasteiger charge is 2.11. The lowest BCUT2D eigenvalue weighted by Crippen LogP contribution is -2.07. The Morgan fingerprint density at radius 1 is 1.25 bits per heavy atom. The van der Waals surface area contributed by atoms with Gasteiger partial charge in [-0.1, -0.05) is 16.4 Å². The maximum absolute atomic E-state index is 11.8. The molecule has 0 spiro atoms. The van der Waals surface area contributed by atoms with E-state index in [4.69, 9.17) is 4.42 Å². The number of hydrogen-bond donors (Lipinski definition) is 1. The molecule has 0 aliphatic carbocycles. The minimum Gasteiger partial charge on any atom is -0.403 e. The monoisotopic (exact) mass is 343 g/mol. The smallest absolute Gasteiger partial charge is 0.324 e. The molecule has 10 heteroatoms. The lowest BCUT2D eigenvalue weighted by molar-refractivity contribution is -0.380. The van der Waals surface area contributed by atoms with E-state index in [1.165, 1.54) is 18.2 Å². The molecule has 3 rings (SSSR count). The quantitative estimate of drug-likeness (QED) is 0.429. The predicted molar refractivity (Wildman–Crippen MR) is 86.2 cm³/mol. The summed E-state index contributed by atoms with van der Waals surface area (Å²) in [5.74, 6) is -0.235. The Balaban J connectivity index is 1.63. The van der Waals surface area contributed by atoms with Gasteiger partial charge in [-0.3, -0.25) is 25.2 Å². The number of carbonyl (C=O) groups is 1. The first-order chi connectivity index (χ1) is 11.6. The topological polar surface area (TPSA) is 124 Å². The molecule has 0 radical (unpaired) electrons. The van der Waals surface area contributed by atoms with Gasteiger partial charge in [-0.25, -0.2) is 0 Å². The molecule has 3 heterocycles.